The van der Waals surface area contributed by atoms with Gasteiger partial charge in [-0.3, -0.25) is 4.79 Å². The molecule has 0 heterocycles. The zero-order valence-electron chi connectivity index (χ0n) is 12.5. The molecule has 1 aromatic carbocycles. The Bertz CT molecular complexity index is 479. The predicted molar refractivity (Wildman–Crippen MR) is 81.6 cm³/mol. The Morgan fingerprint density at radius 1 is 1.40 bits per heavy atom. The van der Waals surface area contributed by atoms with Crippen LogP contribution in [0.5, 0.6) is 0 Å². The average Bonchev–Trinajstić information content (AvgIpc) is 2.49. The molecule has 0 saturated heterocycles. The van der Waals surface area contributed by atoms with E-state index < -0.39 is 0 Å². The highest BCUT2D eigenvalue weighted by atomic mass is 16.2. The minimum Gasteiger partial charge on any atom is -0.362 e. The van der Waals surface area contributed by atoms with Crippen molar-refractivity contribution in [3.8, 4) is 6.07 Å². The van der Waals surface area contributed by atoms with Gasteiger partial charge in [0.05, 0.1) is 11.3 Å². The first kappa shape index (κ1) is 16.0. The number of likely N-dealkylation sites (N-methyl/N-ethyl adjacent to an activating group) is 1. The van der Waals surface area contributed by atoms with Crippen LogP contribution in [-0.4, -0.2) is 25.5 Å². The fourth-order valence-electron chi connectivity index (χ4n) is 1.99. The fourth-order valence-corrected chi connectivity index (χ4v) is 1.99. The number of hydrogen-bond acceptors (Lipinski definition) is 3. The predicted octanol–water partition coefficient (Wildman–Crippen LogP) is 2.69. The molecule has 0 fully saturated rings. The number of nitriles is 1. The van der Waals surface area contributed by atoms with Crippen LogP contribution in [0.2, 0.25) is 0 Å². The highest BCUT2D eigenvalue weighted by Crippen LogP contribution is 2.20. The lowest BCUT2D eigenvalue weighted by Crippen LogP contribution is -2.43. The second-order valence-corrected chi connectivity index (χ2v) is 4.91. The lowest BCUT2D eigenvalue weighted by molar-refractivity contribution is -0.122. The number of unbranched alkanes of at least 4 members (excludes halogenated alkanes) is 2. The third-order valence-corrected chi connectivity index (χ3v) is 3.44. The van der Waals surface area contributed by atoms with E-state index in [-0.39, 0.29) is 11.9 Å². The Balaban J connectivity index is 2.64. The number of nitrogens with zero attached hydrogens (tertiary/aromatic N) is 2. The van der Waals surface area contributed by atoms with Crippen LogP contribution < -0.4 is 10.2 Å². The van der Waals surface area contributed by atoms with Crippen molar-refractivity contribution in [2.24, 2.45) is 0 Å². The summed E-state index contributed by atoms with van der Waals surface area (Å²) in [7, 11) is 1.84. The molecule has 1 unspecified atom stereocenters. The lowest BCUT2D eigenvalue weighted by Gasteiger charge is -2.26. The third-order valence-electron chi connectivity index (χ3n) is 3.44. The highest BCUT2D eigenvalue weighted by Gasteiger charge is 2.19. The second kappa shape index (κ2) is 8.21. The molecule has 0 aliphatic rings. The zero-order chi connectivity index (χ0) is 15.0. The van der Waals surface area contributed by atoms with Gasteiger partial charge in [-0.05, 0) is 25.5 Å². The summed E-state index contributed by atoms with van der Waals surface area (Å²) in [5.74, 6) is -0.00338. The van der Waals surface area contributed by atoms with Gasteiger partial charge in [-0.15, -0.1) is 0 Å². The SMILES string of the molecule is CCCCCNC(=O)C(C)N(C)c1ccccc1C#N. The van der Waals surface area contributed by atoms with Crippen LogP contribution in [-0.2, 0) is 4.79 Å². The monoisotopic (exact) mass is 273 g/mol. The second-order valence-electron chi connectivity index (χ2n) is 4.91. The van der Waals surface area contributed by atoms with Gasteiger partial charge in [-0.25, -0.2) is 0 Å². The van der Waals surface area contributed by atoms with Crippen LogP contribution >= 0.6 is 0 Å². The Labute approximate surface area is 121 Å². The van der Waals surface area contributed by atoms with E-state index in [9.17, 15) is 4.79 Å². The highest BCUT2D eigenvalue weighted by molar-refractivity contribution is 5.85. The summed E-state index contributed by atoms with van der Waals surface area (Å²) in [5, 5.41) is 12.1. The maximum absolute atomic E-state index is 12.1. The Morgan fingerprint density at radius 2 is 2.10 bits per heavy atom. The first-order valence-electron chi connectivity index (χ1n) is 7.11. The molecule has 1 N–H and O–H groups in total. The first-order chi connectivity index (χ1) is 9.61. The number of benzene rings is 1. The minimum atomic E-state index is -0.300. The molecule has 108 valence electrons. The van der Waals surface area contributed by atoms with Gasteiger partial charge in [0.25, 0.3) is 0 Å². The summed E-state index contributed by atoms with van der Waals surface area (Å²) in [6, 6.07) is 9.18. The van der Waals surface area contributed by atoms with Crippen molar-refractivity contribution in [2.45, 2.75) is 39.2 Å². The van der Waals surface area contributed by atoms with Crippen molar-refractivity contribution in [3.05, 3.63) is 29.8 Å². The van der Waals surface area contributed by atoms with Gasteiger partial charge in [-0.2, -0.15) is 5.26 Å². The van der Waals surface area contributed by atoms with Crippen molar-refractivity contribution < 1.29 is 4.79 Å². The number of anilines is 1. The van der Waals surface area contributed by atoms with Crippen LogP contribution in [0, 0.1) is 11.3 Å². The summed E-state index contributed by atoms with van der Waals surface area (Å²) >= 11 is 0. The molecule has 0 radical (unpaired) electrons. The number of amides is 1. The first-order valence-corrected chi connectivity index (χ1v) is 7.11. The standard InChI is InChI=1S/C16H23N3O/c1-4-5-8-11-18-16(20)13(2)19(3)15-10-7-6-9-14(15)12-17/h6-7,9-10,13H,4-5,8,11H2,1-3H3,(H,18,20). The van der Waals surface area contributed by atoms with Gasteiger partial charge in [0.1, 0.15) is 12.1 Å². The molecule has 4 nitrogen and oxygen atoms in total. The smallest absolute Gasteiger partial charge is 0.242 e. The maximum atomic E-state index is 12.1. The number of hydrogen-bond donors (Lipinski definition) is 1. The fraction of sp³-hybridized carbons (Fsp3) is 0.500. The molecule has 1 amide bonds. The minimum absolute atomic E-state index is 0.00338. The molecule has 0 saturated carbocycles. The summed E-state index contributed by atoms with van der Waals surface area (Å²) in [6.07, 6.45) is 3.27. The summed E-state index contributed by atoms with van der Waals surface area (Å²) in [5.41, 5.74) is 1.37. The molecule has 1 rings (SSSR count). The number of carbonyl (C=O) groups excluding carboxylic acids is 1. The van der Waals surface area contributed by atoms with Gasteiger partial charge >= 0.3 is 0 Å². The average molecular weight is 273 g/mol. The van der Waals surface area contributed by atoms with Gasteiger partial charge in [0.2, 0.25) is 5.91 Å². The number of nitrogens with one attached hydrogen (secondary N) is 1. The van der Waals surface area contributed by atoms with E-state index >= 15 is 0 Å². The summed E-state index contributed by atoms with van der Waals surface area (Å²) in [4.78, 5) is 13.9. The van der Waals surface area contributed by atoms with Crippen molar-refractivity contribution in [1.82, 2.24) is 5.32 Å². The van der Waals surface area contributed by atoms with Crippen molar-refractivity contribution >= 4 is 11.6 Å². The normalized spacial score (nSPS) is 11.5. The Hall–Kier alpha value is -2.02. The summed E-state index contributed by atoms with van der Waals surface area (Å²) < 4.78 is 0. The van der Waals surface area contributed by atoms with Gasteiger partial charge < -0.3 is 10.2 Å². The van der Waals surface area contributed by atoms with E-state index in [1.807, 2.05) is 37.1 Å². The largest absolute Gasteiger partial charge is 0.362 e. The van der Waals surface area contributed by atoms with Crippen LogP contribution in [0.1, 0.15) is 38.7 Å². The molecule has 4 heteroatoms. The van der Waals surface area contributed by atoms with Crippen molar-refractivity contribution in [3.63, 3.8) is 0 Å². The van der Waals surface area contributed by atoms with E-state index in [2.05, 4.69) is 18.3 Å². The zero-order valence-corrected chi connectivity index (χ0v) is 12.5. The Morgan fingerprint density at radius 3 is 2.75 bits per heavy atom. The lowest BCUT2D eigenvalue weighted by atomic mass is 10.1. The number of carbonyl (C=O) groups is 1. The molecule has 1 aromatic rings. The molecule has 20 heavy (non-hydrogen) atoms. The van der Waals surface area contributed by atoms with Crippen LogP contribution in [0.15, 0.2) is 24.3 Å². The molecule has 0 aliphatic carbocycles. The van der Waals surface area contributed by atoms with E-state index in [0.717, 1.165) is 24.9 Å². The van der Waals surface area contributed by atoms with E-state index in [0.29, 0.717) is 12.1 Å². The van der Waals surface area contributed by atoms with Crippen LogP contribution in [0.3, 0.4) is 0 Å². The molecular formula is C16H23N3O. The summed E-state index contributed by atoms with van der Waals surface area (Å²) in [6.45, 7) is 4.70. The topological polar surface area (TPSA) is 56.1 Å². The van der Waals surface area contributed by atoms with Gasteiger partial charge in [0, 0.05) is 13.6 Å². The molecular weight excluding hydrogens is 250 g/mol. The molecule has 0 aromatic heterocycles. The molecule has 0 aliphatic heterocycles. The van der Waals surface area contributed by atoms with Crippen molar-refractivity contribution in [2.75, 3.05) is 18.5 Å². The van der Waals surface area contributed by atoms with E-state index in [1.165, 1.54) is 0 Å². The molecule has 0 bridgehead atoms. The van der Waals surface area contributed by atoms with E-state index in [1.54, 1.807) is 6.07 Å². The number of rotatable bonds is 7. The van der Waals surface area contributed by atoms with Gasteiger partial charge in [0.15, 0.2) is 0 Å². The quantitative estimate of drug-likeness (QED) is 0.777. The van der Waals surface area contributed by atoms with Gasteiger partial charge in [-0.1, -0.05) is 31.9 Å². The third kappa shape index (κ3) is 4.27. The molecule has 0 spiro atoms. The molecule has 1 atom stereocenters. The Kier molecular flexibility index (Phi) is 6.58. The van der Waals surface area contributed by atoms with Crippen molar-refractivity contribution in [1.29, 1.82) is 5.26 Å². The van der Waals surface area contributed by atoms with Crippen LogP contribution in [0.25, 0.3) is 0 Å². The maximum Gasteiger partial charge on any atom is 0.242 e. The van der Waals surface area contributed by atoms with E-state index in [4.69, 9.17) is 5.26 Å². The number of para-hydroxylation sites is 1. The van der Waals surface area contributed by atoms with Crippen LogP contribution in [0.4, 0.5) is 5.69 Å².